The summed E-state index contributed by atoms with van der Waals surface area (Å²) in [6.45, 7) is 9.09. The number of hydrogen-bond acceptors (Lipinski definition) is 4. The van der Waals surface area contributed by atoms with Gasteiger partial charge in [0.05, 0.1) is 11.2 Å². The maximum absolute atomic E-state index is 12.5. The fourth-order valence-corrected chi connectivity index (χ4v) is 4.77. The highest BCUT2D eigenvalue weighted by Crippen LogP contribution is 2.21. The van der Waals surface area contributed by atoms with Gasteiger partial charge in [0.15, 0.2) is 0 Å². The molecule has 0 aromatic heterocycles. The van der Waals surface area contributed by atoms with Crippen LogP contribution in [0.5, 0.6) is 0 Å². The lowest BCUT2D eigenvalue weighted by Crippen LogP contribution is -2.38. The lowest BCUT2D eigenvalue weighted by Gasteiger charge is -2.19. The summed E-state index contributed by atoms with van der Waals surface area (Å²) >= 11 is 0. The van der Waals surface area contributed by atoms with E-state index in [1.54, 1.807) is 13.8 Å². The van der Waals surface area contributed by atoms with Gasteiger partial charge in [-0.2, -0.15) is 4.31 Å². The van der Waals surface area contributed by atoms with Crippen molar-refractivity contribution in [1.29, 1.82) is 0 Å². The monoisotopic (exact) mass is 360 g/mol. The third-order valence-corrected chi connectivity index (χ3v) is 6.36. The molecule has 0 radical (unpaired) electrons. The molecule has 0 atom stereocenters. The Hall–Kier alpha value is -1.22. The Balaban J connectivity index is 2.91. The van der Waals surface area contributed by atoms with Crippen LogP contribution in [0.25, 0.3) is 0 Å². The minimum atomic E-state index is -3.69. The highest BCUT2D eigenvalue weighted by atomic mass is 32.2. The van der Waals surface area contributed by atoms with E-state index in [-0.39, 0.29) is 24.5 Å². The van der Waals surface area contributed by atoms with Gasteiger partial charge in [-0.3, -0.25) is 0 Å². The molecule has 0 fully saturated rings. The van der Waals surface area contributed by atoms with Crippen molar-refractivity contribution in [3.05, 3.63) is 41.5 Å². The Morgan fingerprint density at radius 2 is 1.65 bits per heavy atom. The first kappa shape index (κ1) is 19.8. The van der Waals surface area contributed by atoms with Crippen LogP contribution < -0.4 is 4.72 Å². The van der Waals surface area contributed by atoms with Crippen molar-refractivity contribution in [1.82, 2.24) is 9.03 Å². The van der Waals surface area contributed by atoms with Crippen molar-refractivity contribution in [2.75, 3.05) is 25.9 Å². The maximum atomic E-state index is 12.5. The molecule has 23 heavy (non-hydrogen) atoms. The SMILES string of the molecule is C=CCN(CCNS(=O)(=O)c1c(C)cc(C)cc1C)S(C)(=O)=O. The van der Waals surface area contributed by atoms with Gasteiger partial charge in [-0.05, 0) is 31.9 Å². The zero-order chi connectivity index (χ0) is 17.8. The van der Waals surface area contributed by atoms with E-state index in [1.165, 1.54) is 6.08 Å². The van der Waals surface area contributed by atoms with Crippen molar-refractivity contribution in [2.24, 2.45) is 0 Å². The minimum Gasteiger partial charge on any atom is -0.212 e. The molecule has 1 rings (SSSR count). The molecular formula is C15H24N2O4S2. The van der Waals surface area contributed by atoms with Crippen LogP contribution in [0.15, 0.2) is 29.7 Å². The molecule has 1 aromatic rings. The second-order valence-corrected chi connectivity index (χ2v) is 9.22. The highest BCUT2D eigenvalue weighted by Gasteiger charge is 2.21. The third-order valence-electron chi connectivity index (χ3n) is 3.33. The average molecular weight is 361 g/mol. The molecule has 1 N–H and O–H groups in total. The summed E-state index contributed by atoms with van der Waals surface area (Å²) in [7, 11) is -7.10. The van der Waals surface area contributed by atoms with Gasteiger partial charge in [-0.25, -0.2) is 21.6 Å². The smallest absolute Gasteiger partial charge is 0.212 e. The summed E-state index contributed by atoms with van der Waals surface area (Å²) in [5.41, 5.74) is 2.33. The summed E-state index contributed by atoms with van der Waals surface area (Å²) in [4.78, 5) is 0.248. The summed E-state index contributed by atoms with van der Waals surface area (Å²) in [5, 5.41) is 0. The first-order valence-electron chi connectivity index (χ1n) is 7.12. The summed E-state index contributed by atoms with van der Waals surface area (Å²) in [5.74, 6) is 0. The van der Waals surface area contributed by atoms with Crippen LogP contribution in [0.3, 0.4) is 0 Å². The molecule has 0 saturated carbocycles. The largest absolute Gasteiger partial charge is 0.241 e. The first-order chi connectivity index (χ1) is 10.5. The fourth-order valence-electron chi connectivity index (χ4n) is 2.50. The van der Waals surface area contributed by atoms with Gasteiger partial charge in [0.1, 0.15) is 0 Å². The van der Waals surface area contributed by atoms with Gasteiger partial charge in [0.2, 0.25) is 20.0 Å². The average Bonchev–Trinajstić information content (AvgIpc) is 2.34. The number of aryl methyl sites for hydroxylation is 3. The molecule has 0 aliphatic heterocycles. The summed E-state index contributed by atoms with van der Waals surface area (Å²) in [6.07, 6.45) is 2.54. The Morgan fingerprint density at radius 3 is 2.09 bits per heavy atom. The molecule has 130 valence electrons. The molecule has 0 spiro atoms. The standard InChI is InChI=1S/C15H24N2O4S2/c1-6-8-17(22(5,18)19)9-7-16-23(20,21)15-13(3)10-12(2)11-14(15)4/h6,10-11,16H,1,7-9H2,2-5H3. The molecule has 0 heterocycles. The minimum absolute atomic E-state index is 0.00397. The van der Waals surface area contributed by atoms with E-state index in [2.05, 4.69) is 11.3 Å². The van der Waals surface area contributed by atoms with Crippen molar-refractivity contribution in [3.63, 3.8) is 0 Å². The summed E-state index contributed by atoms with van der Waals surface area (Å²) in [6, 6.07) is 3.62. The number of benzene rings is 1. The normalized spacial score (nSPS) is 12.6. The first-order valence-corrected chi connectivity index (χ1v) is 10.5. The predicted molar refractivity (Wildman–Crippen MR) is 92.5 cm³/mol. The van der Waals surface area contributed by atoms with E-state index in [0.29, 0.717) is 11.1 Å². The predicted octanol–water partition coefficient (Wildman–Crippen LogP) is 1.34. The highest BCUT2D eigenvalue weighted by molar-refractivity contribution is 7.89. The van der Waals surface area contributed by atoms with Gasteiger partial charge in [0.25, 0.3) is 0 Å². The lowest BCUT2D eigenvalue weighted by atomic mass is 10.1. The zero-order valence-electron chi connectivity index (χ0n) is 14.0. The van der Waals surface area contributed by atoms with E-state index >= 15 is 0 Å². The molecule has 0 aliphatic rings. The molecule has 1 aromatic carbocycles. The Kier molecular flexibility index (Phi) is 6.52. The van der Waals surface area contributed by atoms with Crippen molar-refractivity contribution in [3.8, 4) is 0 Å². The quantitative estimate of drug-likeness (QED) is 0.709. The van der Waals surface area contributed by atoms with E-state index in [9.17, 15) is 16.8 Å². The number of nitrogens with zero attached hydrogens (tertiary/aromatic N) is 1. The van der Waals surface area contributed by atoms with Crippen molar-refractivity contribution >= 4 is 20.0 Å². The van der Waals surface area contributed by atoms with Crippen molar-refractivity contribution in [2.45, 2.75) is 25.7 Å². The van der Waals surface area contributed by atoms with Gasteiger partial charge in [-0.15, -0.1) is 6.58 Å². The second-order valence-electron chi connectivity index (χ2n) is 5.54. The number of sulfonamides is 2. The van der Waals surface area contributed by atoms with E-state index < -0.39 is 20.0 Å². The van der Waals surface area contributed by atoms with Crippen LogP contribution in [0, 0.1) is 20.8 Å². The molecule has 8 heteroatoms. The number of hydrogen-bond donors (Lipinski definition) is 1. The molecule has 0 aliphatic carbocycles. The van der Waals surface area contributed by atoms with Crippen LogP contribution in [-0.4, -0.2) is 47.0 Å². The topological polar surface area (TPSA) is 83.6 Å². The fraction of sp³-hybridized carbons (Fsp3) is 0.467. The molecule has 0 unspecified atom stereocenters. The van der Waals surface area contributed by atoms with E-state index in [0.717, 1.165) is 16.1 Å². The summed E-state index contributed by atoms with van der Waals surface area (Å²) < 4.78 is 51.8. The Morgan fingerprint density at radius 1 is 1.13 bits per heavy atom. The Labute approximate surface area is 139 Å². The van der Waals surface area contributed by atoms with Gasteiger partial charge in [0, 0.05) is 19.6 Å². The van der Waals surface area contributed by atoms with E-state index in [4.69, 9.17) is 0 Å². The molecule has 6 nitrogen and oxygen atoms in total. The van der Waals surface area contributed by atoms with Crippen LogP contribution in [-0.2, 0) is 20.0 Å². The lowest BCUT2D eigenvalue weighted by molar-refractivity contribution is 0.447. The van der Waals surface area contributed by atoms with Crippen LogP contribution in [0.2, 0.25) is 0 Å². The van der Waals surface area contributed by atoms with Crippen molar-refractivity contribution < 1.29 is 16.8 Å². The number of rotatable bonds is 8. The van der Waals surface area contributed by atoms with Crippen LogP contribution in [0.1, 0.15) is 16.7 Å². The molecular weight excluding hydrogens is 336 g/mol. The second kappa shape index (κ2) is 7.57. The van der Waals surface area contributed by atoms with Gasteiger partial charge in [-0.1, -0.05) is 23.8 Å². The van der Waals surface area contributed by atoms with Crippen LogP contribution >= 0.6 is 0 Å². The maximum Gasteiger partial charge on any atom is 0.241 e. The van der Waals surface area contributed by atoms with Gasteiger partial charge < -0.3 is 0 Å². The Bertz CT molecular complexity index is 761. The zero-order valence-corrected chi connectivity index (χ0v) is 15.6. The molecule has 0 bridgehead atoms. The number of nitrogens with one attached hydrogen (secondary N) is 1. The third kappa shape index (κ3) is 5.42. The van der Waals surface area contributed by atoms with Gasteiger partial charge >= 0.3 is 0 Å². The molecule has 0 saturated heterocycles. The molecule has 0 amide bonds. The van der Waals surface area contributed by atoms with Crippen LogP contribution in [0.4, 0.5) is 0 Å². The van der Waals surface area contributed by atoms with E-state index in [1.807, 2.05) is 19.1 Å².